The van der Waals surface area contributed by atoms with Gasteiger partial charge in [-0.25, -0.2) is 0 Å². The Hall–Kier alpha value is -3.18. The molecule has 1 fully saturated rings. The molecule has 1 unspecified atom stereocenters. The maximum atomic E-state index is 13.0. The van der Waals surface area contributed by atoms with Crippen molar-refractivity contribution in [3.8, 4) is 0 Å². The number of carbonyl (C=O) groups excluding carboxylic acids is 1. The molecule has 1 saturated heterocycles. The fourth-order valence-electron chi connectivity index (χ4n) is 3.94. The Morgan fingerprint density at radius 3 is 2.66 bits per heavy atom. The van der Waals surface area contributed by atoms with Crippen LogP contribution >= 0.6 is 0 Å². The first-order valence-electron chi connectivity index (χ1n) is 9.80. The molecular formula is C24H23NO4. The molecule has 0 aliphatic carbocycles. The molecule has 2 atom stereocenters. The second kappa shape index (κ2) is 8.45. The lowest BCUT2D eigenvalue weighted by Gasteiger charge is -2.20. The van der Waals surface area contributed by atoms with Crippen LogP contribution in [-0.4, -0.2) is 30.2 Å². The summed E-state index contributed by atoms with van der Waals surface area (Å²) in [6.07, 6.45) is 0.763. The van der Waals surface area contributed by atoms with Crippen LogP contribution in [0.5, 0.6) is 0 Å². The highest BCUT2D eigenvalue weighted by atomic mass is 16.5. The molecule has 1 amide bonds. The third-order valence-electron chi connectivity index (χ3n) is 5.43. The van der Waals surface area contributed by atoms with E-state index in [1.807, 2.05) is 60.7 Å². The molecule has 29 heavy (non-hydrogen) atoms. The lowest BCUT2D eigenvalue weighted by Crippen LogP contribution is -2.30. The number of hydrogen-bond donors (Lipinski definition) is 2. The van der Waals surface area contributed by atoms with Crippen LogP contribution in [0.1, 0.15) is 46.3 Å². The highest BCUT2D eigenvalue weighted by Gasteiger charge is 2.22. The molecule has 5 heteroatoms. The highest BCUT2D eigenvalue weighted by Crippen LogP contribution is 2.28. The van der Waals surface area contributed by atoms with Crippen molar-refractivity contribution < 1.29 is 19.4 Å². The van der Waals surface area contributed by atoms with Gasteiger partial charge in [0.2, 0.25) is 0 Å². The normalized spacial score (nSPS) is 17.2. The van der Waals surface area contributed by atoms with E-state index >= 15 is 0 Å². The van der Waals surface area contributed by atoms with Crippen molar-refractivity contribution in [1.82, 2.24) is 5.32 Å². The van der Waals surface area contributed by atoms with Gasteiger partial charge in [0.05, 0.1) is 19.1 Å². The molecule has 0 aromatic heterocycles. The SMILES string of the molecule is O=C(O)C[C@@H](NC(=O)c1cccc(C2CCOC2)c1)c1cccc2ccccc12. The minimum Gasteiger partial charge on any atom is -0.481 e. The molecule has 1 aliphatic heterocycles. The summed E-state index contributed by atoms with van der Waals surface area (Å²) in [6.45, 7) is 1.41. The van der Waals surface area contributed by atoms with E-state index in [0.29, 0.717) is 18.1 Å². The van der Waals surface area contributed by atoms with E-state index in [1.54, 1.807) is 6.07 Å². The average molecular weight is 389 g/mol. The van der Waals surface area contributed by atoms with E-state index in [4.69, 9.17) is 4.74 Å². The van der Waals surface area contributed by atoms with Crippen molar-refractivity contribution in [2.75, 3.05) is 13.2 Å². The molecule has 3 aromatic rings. The molecule has 148 valence electrons. The minimum absolute atomic E-state index is 0.185. The number of benzene rings is 3. The topological polar surface area (TPSA) is 75.6 Å². The summed E-state index contributed by atoms with van der Waals surface area (Å²) >= 11 is 0. The molecule has 2 N–H and O–H groups in total. The van der Waals surface area contributed by atoms with E-state index in [2.05, 4.69) is 5.32 Å². The van der Waals surface area contributed by atoms with Gasteiger partial charge in [0, 0.05) is 18.1 Å². The van der Waals surface area contributed by atoms with E-state index in [-0.39, 0.29) is 12.3 Å². The molecule has 0 spiro atoms. The van der Waals surface area contributed by atoms with Gasteiger partial charge in [-0.3, -0.25) is 9.59 Å². The smallest absolute Gasteiger partial charge is 0.305 e. The molecular weight excluding hydrogens is 366 g/mol. The Kier molecular flexibility index (Phi) is 5.58. The van der Waals surface area contributed by atoms with Gasteiger partial charge in [-0.15, -0.1) is 0 Å². The molecule has 0 bridgehead atoms. The predicted octanol–water partition coefficient (Wildman–Crippen LogP) is 4.29. The maximum Gasteiger partial charge on any atom is 0.305 e. The van der Waals surface area contributed by atoms with E-state index in [0.717, 1.165) is 34.9 Å². The molecule has 1 aliphatic rings. The Morgan fingerprint density at radius 2 is 1.86 bits per heavy atom. The van der Waals surface area contributed by atoms with Crippen LogP contribution in [0, 0.1) is 0 Å². The minimum atomic E-state index is -0.958. The van der Waals surface area contributed by atoms with Gasteiger partial charge in [0.15, 0.2) is 0 Å². The summed E-state index contributed by atoms with van der Waals surface area (Å²) in [7, 11) is 0. The van der Waals surface area contributed by atoms with Crippen molar-refractivity contribution >= 4 is 22.6 Å². The Balaban J connectivity index is 1.62. The first kappa shape index (κ1) is 19.2. The number of ether oxygens (including phenoxy) is 1. The van der Waals surface area contributed by atoms with Crippen molar-refractivity contribution in [2.24, 2.45) is 0 Å². The van der Waals surface area contributed by atoms with Gasteiger partial charge in [-0.1, -0.05) is 54.6 Å². The lowest BCUT2D eigenvalue weighted by molar-refractivity contribution is -0.137. The van der Waals surface area contributed by atoms with Gasteiger partial charge in [0.25, 0.3) is 5.91 Å². The van der Waals surface area contributed by atoms with Gasteiger partial charge in [-0.05, 0) is 40.5 Å². The Labute approximate surface area is 169 Å². The molecule has 0 radical (unpaired) electrons. The first-order chi connectivity index (χ1) is 14.1. The van der Waals surface area contributed by atoms with Crippen LogP contribution in [0.4, 0.5) is 0 Å². The van der Waals surface area contributed by atoms with Crippen molar-refractivity contribution in [2.45, 2.75) is 24.8 Å². The second-order valence-corrected chi connectivity index (χ2v) is 7.38. The number of carboxylic acids is 1. The van der Waals surface area contributed by atoms with Gasteiger partial charge in [0.1, 0.15) is 0 Å². The number of aliphatic carboxylic acids is 1. The molecule has 3 aromatic carbocycles. The molecule has 1 heterocycles. The van der Waals surface area contributed by atoms with E-state index in [1.165, 1.54) is 0 Å². The monoisotopic (exact) mass is 389 g/mol. The average Bonchev–Trinajstić information content (AvgIpc) is 3.27. The quantitative estimate of drug-likeness (QED) is 0.659. The zero-order valence-corrected chi connectivity index (χ0v) is 16.0. The zero-order chi connectivity index (χ0) is 20.2. The fourth-order valence-corrected chi connectivity index (χ4v) is 3.94. The summed E-state index contributed by atoms with van der Waals surface area (Å²) in [5.41, 5.74) is 2.42. The Bertz CT molecular complexity index is 1030. The summed E-state index contributed by atoms with van der Waals surface area (Å²) in [4.78, 5) is 24.5. The lowest BCUT2D eigenvalue weighted by atomic mass is 9.95. The Morgan fingerprint density at radius 1 is 1.07 bits per heavy atom. The van der Waals surface area contributed by atoms with E-state index < -0.39 is 12.0 Å². The zero-order valence-electron chi connectivity index (χ0n) is 16.0. The largest absolute Gasteiger partial charge is 0.481 e. The summed E-state index contributed by atoms with van der Waals surface area (Å²) in [6, 6.07) is 20.4. The number of rotatable bonds is 6. The predicted molar refractivity (Wildman–Crippen MR) is 111 cm³/mol. The maximum absolute atomic E-state index is 13.0. The van der Waals surface area contributed by atoms with Gasteiger partial charge < -0.3 is 15.2 Å². The second-order valence-electron chi connectivity index (χ2n) is 7.38. The summed E-state index contributed by atoms with van der Waals surface area (Å²) in [5.74, 6) is -0.930. The molecule has 4 rings (SSSR count). The highest BCUT2D eigenvalue weighted by molar-refractivity contribution is 5.95. The standard InChI is InChI=1S/C24H23NO4/c26-23(27)14-22(21-10-4-6-16-5-1-2-9-20(16)21)25-24(28)18-8-3-7-17(13-18)19-11-12-29-15-19/h1-10,13,19,22H,11-12,14-15H2,(H,25,28)(H,26,27)/t19?,22-/m1/s1. The number of fused-ring (bicyclic) bond motifs is 1. The van der Waals surface area contributed by atoms with Crippen LogP contribution < -0.4 is 5.32 Å². The fraction of sp³-hybridized carbons (Fsp3) is 0.250. The number of nitrogens with one attached hydrogen (secondary N) is 1. The number of amides is 1. The van der Waals surface area contributed by atoms with Crippen LogP contribution in [-0.2, 0) is 9.53 Å². The summed E-state index contributed by atoms with van der Waals surface area (Å²) < 4.78 is 5.45. The van der Waals surface area contributed by atoms with Crippen LogP contribution in [0.25, 0.3) is 10.8 Å². The summed E-state index contributed by atoms with van der Waals surface area (Å²) in [5, 5.41) is 14.3. The van der Waals surface area contributed by atoms with Gasteiger partial charge >= 0.3 is 5.97 Å². The van der Waals surface area contributed by atoms with Gasteiger partial charge in [-0.2, -0.15) is 0 Å². The van der Waals surface area contributed by atoms with Crippen LogP contribution in [0.15, 0.2) is 66.7 Å². The molecule has 0 saturated carbocycles. The van der Waals surface area contributed by atoms with Crippen molar-refractivity contribution in [3.63, 3.8) is 0 Å². The first-order valence-corrected chi connectivity index (χ1v) is 9.80. The third-order valence-corrected chi connectivity index (χ3v) is 5.43. The number of carboxylic acid groups (broad SMARTS) is 1. The van der Waals surface area contributed by atoms with Crippen LogP contribution in [0.2, 0.25) is 0 Å². The molecule has 5 nitrogen and oxygen atoms in total. The van der Waals surface area contributed by atoms with Crippen molar-refractivity contribution in [3.05, 3.63) is 83.4 Å². The van der Waals surface area contributed by atoms with Crippen molar-refractivity contribution in [1.29, 1.82) is 0 Å². The number of carbonyl (C=O) groups is 2. The van der Waals surface area contributed by atoms with Crippen LogP contribution in [0.3, 0.4) is 0 Å². The van der Waals surface area contributed by atoms with E-state index in [9.17, 15) is 14.7 Å². The number of hydrogen-bond acceptors (Lipinski definition) is 3. The third kappa shape index (κ3) is 4.30.